The summed E-state index contributed by atoms with van der Waals surface area (Å²) in [6, 6.07) is 72.0. The maximum atomic E-state index is 5.26. The minimum atomic E-state index is 0.916. The van der Waals surface area contributed by atoms with Gasteiger partial charge >= 0.3 is 0 Å². The average Bonchev–Trinajstić information content (AvgIpc) is 3.81. The molecule has 11 rings (SSSR count). The Morgan fingerprint density at radius 2 is 0.944 bits per heavy atom. The van der Waals surface area contributed by atoms with Crippen LogP contribution < -0.4 is 0 Å². The van der Waals surface area contributed by atoms with Crippen LogP contribution in [0.1, 0.15) is 0 Å². The lowest BCUT2D eigenvalue weighted by Crippen LogP contribution is -1.99. The SMILES string of the molecule is c1ccc(-c2cc(-c3ccccc3)cc(-n3c(-c4ccc(-c5ccc6c7c5ccc5cccc(c57)n6-c5ccccc5)cc4)nc4ccccc43)c2)cc1. The molecular formula is C51H33N3. The van der Waals surface area contributed by atoms with Crippen molar-refractivity contribution < 1.29 is 0 Å². The van der Waals surface area contributed by atoms with Crippen LogP contribution in [-0.2, 0) is 0 Å². The van der Waals surface area contributed by atoms with Crippen LogP contribution in [-0.4, -0.2) is 14.1 Å². The lowest BCUT2D eigenvalue weighted by molar-refractivity contribution is 1.10. The summed E-state index contributed by atoms with van der Waals surface area (Å²) in [5.41, 5.74) is 14.9. The quantitative estimate of drug-likeness (QED) is 0.160. The van der Waals surface area contributed by atoms with Gasteiger partial charge in [0.25, 0.3) is 0 Å². The third-order valence-corrected chi connectivity index (χ3v) is 10.9. The van der Waals surface area contributed by atoms with Crippen molar-refractivity contribution in [3.8, 4) is 56.1 Å². The third-order valence-electron chi connectivity index (χ3n) is 10.9. The standard InChI is InChI=1S/C51H33N3/c1-4-13-34(14-5-1)39-31-40(35-15-6-2-7-16-35)33-42(32-39)54-46-21-11-10-20-45(46)52-51(54)38-25-23-36(24-26-38)43-29-30-48-50-44(43)28-27-37-17-12-22-47(49(37)50)53(48)41-18-8-3-9-19-41/h1-33H. The maximum Gasteiger partial charge on any atom is 0.145 e. The van der Waals surface area contributed by atoms with Crippen molar-refractivity contribution >= 4 is 43.6 Å². The molecule has 252 valence electrons. The highest BCUT2D eigenvalue weighted by atomic mass is 15.1. The minimum Gasteiger partial charge on any atom is -0.309 e. The van der Waals surface area contributed by atoms with Crippen LogP contribution >= 0.6 is 0 Å². The van der Waals surface area contributed by atoms with Crippen molar-refractivity contribution in [3.05, 3.63) is 200 Å². The maximum absolute atomic E-state index is 5.26. The molecule has 0 saturated carbocycles. The molecule has 2 aromatic heterocycles. The minimum absolute atomic E-state index is 0.916. The van der Waals surface area contributed by atoms with Gasteiger partial charge in [-0.25, -0.2) is 4.98 Å². The molecule has 0 saturated heterocycles. The van der Waals surface area contributed by atoms with Crippen molar-refractivity contribution in [2.75, 3.05) is 0 Å². The number of benzene rings is 9. The number of fused-ring (bicyclic) bond motifs is 1. The summed E-state index contributed by atoms with van der Waals surface area (Å²) < 4.78 is 4.72. The molecule has 3 nitrogen and oxygen atoms in total. The molecule has 2 heterocycles. The molecule has 3 heteroatoms. The number of nitrogens with zero attached hydrogens (tertiary/aromatic N) is 3. The molecule has 0 aliphatic rings. The zero-order chi connectivity index (χ0) is 35.6. The fourth-order valence-electron chi connectivity index (χ4n) is 8.41. The van der Waals surface area contributed by atoms with Gasteiger partial charge in [0.1, 0.15) is 5.82 Å². The summed E-state index contributed by atoms with van der Waals surface area (Å²) in [4.78, 5) is 5.26. The van der Waals surface area contributed by atoms with Gasteiger partial charge in [-0.3, -0.25) is 4.57 Å². The van der Waals surface area contributed by atoms with E-state index in [1.54, 1.807) is 0 Å². The van der Waals surface area contributed by atoms with Crippen molar-refractivity contribution in [3.63, 3.8) is 0 Å². The van der Waals surface area contributed by atoms with E-state index in [2.05, 4.69) is 209 Å². The molecule has 0 N–H and O–H groups in total. The summed E-state index contributed by atoms with van der Waals surface area (Å²) in [5.74, 6) is 0.916. The summed E-state index contributed by atoms with van der Waals surface area (Å²) >= 11 is 0. The molecule has 0 bridgehead atoms. The van der Waals surface area contributed by atoms with Gasteiger partial charge in [0, 0.05) is 27.7 Å². The Kier molecular flexibility index (Phi) is 6.86. The van der Waals surface area contributed by atoms with Gasteiger partial charge in [-0.15, -0.1) is 0 Å². The van der Waals surface area contributed by atoms with Crippen LogP contribution in [0, 0.1) is 0 Å². The Hall–Kier alpha value is -7.23. The van der Waals surface area contributed by atoms with E-state index in [0.29, 0.717) is 0 Å². The predicted molar refractivity (Wildman–Crippen MR) is 226 cm³/mol. The van der Waals surface area contributed by atoms with Gasteiger partial charge < -0.3 is 4.57 Å². The first-order valence-electron chi connectivity index (χ1n) is 18.5. The van der Waals surface area contributed by atoms with Crippen LogP contribution in [0.15, 0.2) is 200 Å². The summed E-state index contributed by atoms with van der Waals surface area (Å²) in [5, 5.41) is 5.14. The van der Waals surface area contributed by atoms with Gasteiger partial charge in [0.05, 0.1) is 22.1 Å². The van der Waals surface area contributed by atoms with Crippen molar-refractivity contribution in [1.82, 2.24) is 14.1 Å². The molecule has 11 aromatic rings. The Morgan fingerprint density at radius 3 is 1.67 bits per heavy atom. The molecule has 0 amide bonds. The molecule has 0 aliphatic carbocycles. The van der Waals surface area contributed by atoms with Gasteiger partial charge in [0.15, 0.2) is 0 Å². The van der Waals surface area contributed by atoms with Crippen LogP contribution in [0.25, 0.3) is 99.8 Å². The predicted octanol–water partition coefficient (Wildman–Crippen LogP) is 13.4. The fourth-order valence-corrected chi connectivity index (χ4v) is 8.41. The van der Waals surface area contributed by atoms with E-state index in [4.69, 9.17) is 4.98 Å². The summed E-state index contributed by atoms with van der Waals surface area (Å²) in [7, 11) is 0. The van der Waals surface area contributed by atoms with Gasteiger partial charge in [-0.05, 0) is 98.8 Å². The van der Waals surface area contributed by atoms with Crippen LogP contribution in [0.4, 0.5) is 0 Å². The smallest absolute Gasteiger partial charge is 0.145 e. The average molecular weight is 688 g/mol. The molecule has 0 spiro atoms. The van der Waals surface area contributed by atoms with E-state index in [9.17, 15) is 0 Å². The first-order chi connectivity index (χ1) is 26.8. The van der Waals surface area contributed by atoms with Gasteiger partial charge in [-0.2, -0.15) is 0 Å². The van der Waals surface area contributed by atoms with Gasteiger partial charge in [-0.1, -0.05) is 146 Å². The largest absolute Gasteiger partial charge is 0.309 e. The number of aromatic nitrogens is 3. The zero-order valence-corrected chi connectivity index (χ0v) is 29.4. The van der Waals surface area contributed by atoms with E-state index in [-0.39, 0.29) is 0 Å². The van der Waals surface area contributed by atoms with Gasteiger partial charge in [0.2, 0.25) is 0 Å². The topological polar surface area (TPSA) is 22.8 Å². The Labute approximate surface area is 313 Å². The van der Waals surface area contributed by atoms with Crippen LogP contribution in [0.5, 0.6) is 0 Å². The number of imidazole rings is 1. The summed E-state index contributed by atoms with van der Waals surface area (Å²) in [6.45, 7) is 0. The van der Waals surface area contributed by atoms with E-state index < -0.39 is 0 Å². The number of hydrogen-bond donors (Lipinski definition) is 0. The lowest BCUT2D eigenvalue weighted by atomic mass is 9.94. The summed E-state index contributed by atoms with van der Waals surface area (Å²) in [6.07, 6.45) is 0. The highest BCUT2D eigenvalue weighted by Crippen LogP contribution is 2.43. The fraction of sp³-hybridized carbons (Fsp3) is 0. The van der Waals surface area contributed by atoms with Crippen LogP contribution in [0.3, 0.4) is 0 Å². The van der Waals surface area contributed by atoms with E-state index >= 15 is 0 Å². The highest BCUT2D eigenvalue weighted by Gasteiger charge is 2.20. The van der Waals surface area contributed by atoms with Crippen molar-refractivity contribution in [2.45, 2.75) is 0 Å². The highest BCUT2D eigenvalue weighted by molar-refractivity contribution is 6.26. The van der Waals surface area contributed by atoms with Crippen LogP contribution in [0.2, 0.25) is 0 Å². The Morgan fingerprint density at radius 1 is 0.333 bits per heavy atom. The molecule has 0 atom stereocenters. The zero-order valence-electron chi connectivity index (χ0n) is 29.4. The monoisotopic (exact) mass is 687 g/mol. The number of rotatable bonds is 6. The second kappa shape index (κ2) is 12.2. The second-order valence-corrected chi connectivity index (χ2v) is 14.0. The Balaban J connectivity index is 1.07. The van der Waals surface area contributed by atoms with E-state index in [0.717, 1.165) is 28.1 Å². The molecule has 0 aliphatic heterocycles. The van der Waals surface area contributed by atoms with Crippen molar-refractivity contribution in [1.29, 1.82) is 0 Å². The van der Waals surface area contributed by atoms with Crippen molar-refractivity contribution in [2.24, 2.45) is 0 Å². The molecule has 0 radical (unpaired) electrons. The Bertz CT molecular complexity index is 3060. The number of para-hydroxylation sites is 3. The second-order valence-electron chi connectivity index (χ2n) is 14.0. The van der Waals surface area contributed by atoms with E-state index in [1.807, 2.05) is 0 Å². The number of hydrogen-bond acceptors (Lipinski definition) is 1. The third kappa shape index (κ3) is 4.79. The lowest BCUT2D eigenvalue weighted by Gasteiger charge is -2.15. The normalized spacial score (nSPS) is 11.7. The molecule has 0 fully saturated rings. The van der Waals surface area contributed by atoms with E-state index in [1.165, 1.54) is 71.6 Å². The molecule has 0 unspecified atom stereocenters. The first-order valence-corrected chi connectivity index (χ1v) is 18.5. The molecule has 9 aromatic carbocycles. The molecule has 54 heavy (non-hydrogen) atoms. The first kappa shape index (κ1) is 30.4. The molecular weight excluding hydrogens is 655 g/mol.